The van der Waals surface area contributed by atoms with Gasteiger partial charge in [0.15, 0.2) is 12.4 Å². The van der Waals surface area contributed by atoms with Gasteiger partial charge in [0.2, 0.25) is 5.88 Å². The number of carbonyl (C=O) groups is 1. The van der Waals surface area contributed by atoms with Crippen LogP contribution in [0.1, 0.15) is 0 Å². The quantitative estimate of drug-likeness (QED) is 0.879. The van der Waals surface area contributed by atoms with E-state index in [9.17, 15) is 9.18 Å². The molecule has 2 aromatic rings. The maximum absolute atomic E-state index is 13.5. The van der Waals surface area contributed by atoms with Crippen molar-refractivity contribution in [3.05, 3.63) is 30.3 Å². The summed E-state index contributed by atoms with van der Waals surface area (Å²) in [5.41, 5.74) is 0.806. The predicted molar refractivity (Wildman–Crippen MR) is 59.5 cm³/mol. The Morgan fingerprint density at radius 2 is 2.39 bits per heavy atom. The molecule has 0 radical (unpaired) electrons. The molecule has 2 rings (SSSR count). The van der Waals surface area contributed by atoms with Gasteiger partial charge in [-0.05, 0) is 6.07 Å². The van der Waals surface area contributed by atoms with E-state index in [1.54, 1.807) is 7.05 Å². The fraction of sp³-hybridized carbons (Fsp3) is 0.182. The first kappa shape index (κ1) is 12.0. The predicted octanol–water partition coefficient (Wildman–Crippen LogP) is 1.08. The molecule has 1 N–H and O–H groups in total. The third-order valence-electron chi connectivity index (χ3n) is 2.25. The summed E-state index contributed by atoms with van der Waals surface area (Å²) in [6.45, 7) is -0.491. The van der Waals surface area contributed by atoms with Crippen molar-refractivity contribution in [2.75, 3.05) is 6.61 Å². The molecule has 0 saturated heterocycles. The third-order valence-corrected chi connectivity index (χ3v) is 2.25. The van der Waals surface area contributed by atoms with Crippen molar-refractivity contribution in [1.82, 2.24) is 14.8 Å². The summed E-state index contributed by atoms with van der Waals surface area (Å²) < 4.78 is 19.9. The number of ether oxygens (including phenoxy) is 1. The number of aryl methyl sites for hydroxylation is 1. The highest BCUT2D eigenvalue weighted by molar-refractivity contribution is 5.68. The zero-order valence-corrected chi connectivity index (χ0v) is 9.50. The van der Waals surface area contributed by atoms with Crippen LogP contribution >= 0.6 is 0 Å². The van der Waals surface area contributed by atoms with E-state index in [0.717, 1.165) is 6.20 Å². The van der Waals surface area contributed by atoms with Gasteiger partial charge in [-0.2, -0.15) is 0 Å². The molecule has 0 amide bonds. The van der Waals surface area contributed by atoms with E-state index in [1.807, 2.05) is 0 Å². The van der Waals surface area contributed by atoms with Gasteiger partial charge in [0.25, 0.3) is 0 Å². The van der Waals surface area contributed by atoms with Crippen LogP contribution in [0.15, 0.2) is 24.5 Å². The van der Waals surface area contributed by atoms with E-state index in [4.69, 9.17) is 9.84 Å². The van der Waals surface area contributed by atoms with Crippen LogP contribution in [-0.2, 0) is 11.8 Å². The van der Waals surface area contributed by atoms with Crippen LogP contribution in [0, 0.1) is 5.82 Å². The molecule has 0 unspecified atom stereocenters. The van der Waals surface area contributed by atoms with Crippen LogP contribution < -0.4 is 4.74 Å². The largest absolute Gasteiger partial charge is 0.479 e. The number of hydrogen-bond donors (Lipinski definition) is 1. The number of carboxylic acids is 1. The second kappa shape index (κ2) is 4.82. The lowest BCUT2D eigenvalue weighted by Crippen LogP contribution is -2.09. The van der Waals surface area contributed by atoms with Crippen molar-refractivity contribution in [3.8, 4) is 17.1 Å². The van der Waals surface area contributed by atoms with Gasteiger partial charge in [-0.25, -0.2) is 9.18 Å². The summed E-state index contributed by atoms with van der Waals surface area (Å²) in [5.74, 6) is -1.45. The van der Waals surface area contributed by atoms with E-state index in [0.29, 0.717) is 11.3 Å². The molecule has 0 bridgehead atoms. The highest BCUT2D eigenvalue weighted by atomic mass is 19.1. The first-order chi connectivity index (χ1) is 8.58. The van der Waals surface area contributed by atoms with Crippen molar-refractivity contribution in [2.45, 2.75) is 0 Å². The minimum Gasteiger partial charge on any atom is -0.479 e. The molecule has 0 aliphatic carbocycles. The number of carboxylic acid groups (broad SMARTS) is 1. The van der Waals surface area contributed by atoms with Crippen LogP contribution in [0.5, 0.6) is 5.88 Å². The molecule has 2 aromatic heterocycles. The van der Waals surface area contributed by atoms with Gasteiger partial charge in [0.1, 0.15) is 0 Å². The average Bonchev–Trinajstić information content (AvgIpc) is 2.69. The number of hydrogen-bond acceptors (Lipinski definition) is 4. The molecule has 0 saturated carbocycles. The molecule has 2 heterocycles. The van der Waals surface area contributed by atoms with E-state index in [-0.39, 0.29) is 5.88 Å². The van der Waals surface area contributed by atoms with Gasteiger partial charge in [0.05, 0.1) is 11.9 Å². The van der Waals surface area contributed by atoms with Crippen molar-refractivity contribution >= 4 is 5.97 Å². The van der Waals surface area contributed by atoms with Crippen LogP contribution in [0.3, 0.4) is 0 Å². The van der Waals surface area contributed by atoms with E-state index >= 15 is 0 Å². The Morgan fingerprint density at radius 3 is 3.06 bits per heavy atom. The van der Waals surface area contributed by atoms with E-state index in [1.165, 1.54) is 23.0 Å². The van der Waals surface area contributed by atoms with Crippen LogP contribution in [0.2, 0.25) is 0 Å². The first-order valence-corrected chi connectivity index (χ1v) is 5.06. The summed E-state index contributed by atoms with van der Waals surface area (Å²) in [5, 5.41) is 12.4. The van der Waals surface area contributed by atoms with Crippen LogP contribution in [0.4, 0.5) is 4.39 Å². The molecule has 94 valence electrons. The number of pyridine rings is 1. The molecule has 18 heavy (non-hydrogen) atoms. The Hall–Kier alpha value is -2.44. The van der Waals surface area contributed by atoms with Crippen molar-refractivity contribution < 1.29 is 19.0 Å². The maximum atomic E-state index is 13.5. The number of aromatic nitrogens is 3. The lowest BCUT2D eigenvalue weighted by atomic mass is 10.2. The van der Waals surface area contributed by atoms with Gasteiger partial charge in [-0.15, -0.1) is 5.10 Å². The molecule has 0 atom stereocenters. The van der Waals surface area contributed by atoms with E-state index < -0.39 is 18.4 Å². The van der Waals surface area contributed by atoms with E-state index in [2.05, 4.69) is 10.1 Å². The molecule has 0 spiro atoms. The molecule has 0 fully saturated rings. The number of aliphatic carboxylic acids is 1. The Balaban J connectivity index is 2.30. The Morgan fingerprint density at radius 1 is 1.61 bits per heavy atom. The van der Waals surface area contributed by atoms with Gasteiger partial charge >= 0.3 is 5.97 Å². The summed E-state index contributed by atoms with van der Waals surface area (Å²) in [6.07, 6.45) is 2.56. The summed E-state index contributed by atoms with van der Waals surface area (Å²) >= 11 is 0. The van der Waals surface area contributed by atoms with Crippen LogP contribution in [-0.4, -0.2) is 32.4 Å². The normalized spacial score (nSPS) is 10.3. The monoisotopic (exact) mass is 251 g/mol. The molecular weight excluding hydrogens is 241 g/mol. The van der Waals surface area contributed by atoms with Gasteiger partial charge in [-0.3, -0.25) is 9.67 Å². The zero-order chi connectivity index (χ0) is 13.1. The summed E-state index contributed by atoms with van der Waals surface area (Å²) in [7, 11) is 1.61. The second-order valence-corrected chi connectivity index (χ2v) is 3.53. The topological polar surface area (TPSA) is 77.2 Å². The van der Waals surface area contributed by atoms with Crippen molar-refractivity contribution in [1.29, 1.82) is 0 Å². The summed E-state index contributed by atoms with van der Waals surface area (Å²) in [4.78, 5) is 14.0. The van der Waals surface area contributed by atoms with Crippen molar-refractivity contribution in [2.24, 2.45) is 7.05 Å². The molecule has 7 heteroatoms. The third kappa shape index (κ3) is 2.45. The number of nitrogens with zero attached hydrogens (tertiary/aromatic N) is 3. The Kier molecular flexibility index (Phi) is 3.22. The lowest BCUT2D eigenvalue weighted by molar-refractivity contribution is -0.139. The number of halogens is 1. The fourth-order valence-corrected chi connectivity index (χ4v) is 1.48. The molecule has 6 nitrogen and oxygen atoms in total. The average molecular weight is 251 g/mol. The zero-order valence-electron chi connectivity index (χ0n) is 9.50. The Bertz CT molecular complexity index is 583. The lowest BCUT2D eigenvalue weighted by Gasteiger charge is -2.01. The summed E-state index contributed by atoms with van der Waals surface area (Å²) in [6, 6.07) is 2.98. The van der Waals surface area contributed by atoms with Gasteiger partial charge in [0, 0.05) is 24.9 Å². The fourth-order valence-electron chi connectivity index (χ4n) is 1.48. The molecule has 0 aromatic carbocycles. The Labute approximate surface area is 102 Å². The van der Waals surface area contributed by atoms with Gasteiger partial charge < -0.3 is 9.84 Å². The minimum absolute atomic E-state index is 0.131. The standard InChI is InChI=1S/C11H10FN3O3/c1-15-9(7-2-3-13-5-8(7)12)4-10(14-15)18-6-11(16)17/h2-5H,6H2,1H3,(H,16,17). The molecule has 0 aliphatic rings. The smallest absolute Gasteiger partial charge is 0.341 e. The van der Waals surface area contributed by atoms with Crippen molar-refractivity contribution in [3.63, 3.8) is 0 Å². The highest BCUT2D eigenvalue weighted by Crippen LogP contribution is 2.24. The highest BCUT2D eigenvalue weighted by Gasteiger charge is 2.12. The first-order valence-electron chi connectivity index (χ1n) is 5.06. The minimum atomic E-state index is -1.10. The SMILES string of the molecule is Cn1nc(OCC(=O)O)cc1-c1ccncc1F. The second-order valence-electron chi connectivity index (χ2n) is 3.53. The van der Waals surface area contributed by atoms with Crippen LogP contribution in [0.25, 0.3) is 11.3 Å². The maximum Gasteiger partial charge on any atom is 0.341 e. The van der Waals surface area contributed by atoms with Gasteiger partial charge in [-0.1, -0.05) is 0 Å². The molecular formula is C11H10FN3O3. The number of rotatable bonds is 4. The molecule has 0 aliphatic heterocycles.